The van der Waals surface area contributed by atoms with Gasteiger partial charge in [-0.25, -0.2) is 21.5 Å². The lowest BCUT2D eigenvalue weighted by Gasteiger charge is -2.17. The predicted molar refractivity (Wildman–Crippen MR) is 94.6 cm³/mol. The van der Waals surface area contributed by atoms with E-state index in [1.807, 2.05) is 0 Å². The maximum Gasteiger partial charge on any atom is 0.253 e. The number of carbonyl (C=O) groups is 1. The standard InChI is InChI=1S/C17H17ClF2N2O3S/c1-10(13-6-4-11(19)8-16(13)20)21-17(23)14-9-12(5-7-15(14)18)26(24,25)22(2)3/h4-10H,1-3H3,(H,21,23). The molecule has 1 atom stereocenters. The number of rotatable bonds is 5. The molecule has 9 heteroatoms. The van der Waals surface area contributed by atoms with Crippen LogP contribution in [0.5, 0.6) is 0 Å². The van der Waals surface area contributed by atoms with Gasteiger partial charge in [0.25, 0.3) is 5.91 Å². The molecule has 0 heterocycles. The van der Waals surface area contributed by atoms with Crippen molar-refractivity contribution in [1.29, 1.82) is 0 Å². The van der Waals surface area contributed by atoms with Crippen LogP contribution in [0.25, 0.3) is 0 Å². The maximum atomic E-state index is 13.8. The van der Waals surface area contributed by atoms with Crippen LogP contribution in [-0.2, 0) is 10.0 Å². The predicted octanol–water partition coefficient (Wildman–Crippen LogP) is 3.36. The molecule has 0 spiro atoms. The molecule has 5 nitrogen and oxygen atoms in total. The first-order chi connectivity index (χ1) is 12.0. The SMILES string of the molecule is CC(NC(=O)c1cc(S(=O)(=O)N(C)C)ccc1Cl)c1ccc(F)cc1F. The second-order valence-corrected chi connectivity index (χ2v) is 8.35. The number of nitrogens with one attached hydrogen (secondary N) is 1. The van der Waals surface area contributed by atoms with Crippen molar-refractivity contribution in [3.05, 3.63) is 64.2 Å². The van der Waals surface area contributed by atoms with Crippen molar-refractivity contribution in [3.63, 3.8) is 0 Å². The van der Waals surface area contributed by atoms with Gasteiger partial charge in [0.2, 0.25) is 10.0 Å². The quantitative estimate of drug-likeness (QED) is 0.833. The van der Waals surface area contributed by atoms with E-state index in [0.717, 1.165) is 22.5 Å². The zero-order chi connectivity index (χ0) is 19.6. The van der Waals surface area contributed by atoms with Gasteiger partial charge in [-0.2, -0.15) is 0 Å². The fourth-order valence-electron chi connectivity index (χ4n) is 2.25. The molecule has 1 amide bonds. The summed E-state index contributed by atoms with van der Waals surface area (Å²) < 4.78 is 52.3. The van der Waals surface area contributed by atoms with Crippen LogP contribution in [0.1, 0.15) is 28.9 Å². The lowest BCUT2D eigenvalue weighted by atomic mass is 10.1. The molecule has 0 radical (unpaired) electrons. The van der Waals surface area contributed by atoms with E-state index < -0.39 is 33.6 Å². The Morgan fingerprint density at radius 1 is 1.15 bits per heavy atom. The topological polar surface area (TPSA) is 66.5 Å². The van der Waals surface area contributed by atoms with E-state index in [2.05, 4.69) is 5.32 Å². The molecule has 1 unspecified atom stereocenters. The Hall–Kier alpha value is -2.03. The number of carbonyl (C=O) groups excluding carboxylic acids is 1. The zero-order valence-electron chi connectivity index (χ0n) is 14.3. The molecule has 0 aliphatic carbocycles. The maximum absolute atomic E-state index is 13.8. The number of benzene rings is 2. The third-order valence-corrected chi connectivity index (χ3v) is 5.88. The van der Waals surface area contributed by atoms with Crippen molar-refractivity contribution in [2.75, 3.05) is 14.1 Å². The Labute approximate surface area is 155 Å². The molecule has 1 N–H and O–H groups in total. The Bertz CT molecular complexity index is 949. The number of amides is 1. The van der Waals surface area contributed by atoms with Crippen LogP contribution in [0.4, 0.5) is 8.78 Å². The van der Waals surface area contributed by atoms with Crippen LogP contribution >= 0.6 is 11.6 Å². The molecule has 26 heavy (non-hydrogen) atoms. The Kier molecular flexibility index (Phi) is 6.00. The van der Waals surface area contributed by atoms with E-state index >= 15 is 0 Å². The Morgan fingerprint density at radius 3 is 2.38 bits per heavy atom. The minimum absolute atomic E-state index is 0.0481. The lowest BCUT2D eigenvalue weighted by Crippen LogP contribution is -2.28. The molecular formula is C17H17ClF2N2O3S. The summed E-state index contributed by atoms with van der Waals surface area (Å²) >= 11 is 6.01. The highest BCUT2D eigenvalue weighted by atomic mass is 35.5. The van der Waals surface area contributed by atoms with Crippen molar-refractivity contribution >= 4 is 27.5 Å². The largest absolute Gasteiger partial charge is 0.345 e. The van der Waals surface area contributed by atoms with Gasteiger partial charge in [-0.3, -0.25) is 4.79 Å². The van der Waals surface area contributed by atoms with Gasteiger partial charge in [-0.05, 0) is 31.2 Å². The van der Waals surface area contributed by atoms with E-state index in [-0.39, 0.29) is 21.0 Å². The summed E-state index contributed by atoms with van der Waals surface area (Å²) in [5.74, 6) is -2.20. The smallest absolute Gasteiger partial charge is 0.253 e. The summed E-state index contributed by atoms with van der Waals surface area (Å²) in [6.45, 7) is 1.52. The molecule has 140 valence electrons. The zero-order valence-corrected chi connectivity index (χ0v) is 15.8. The van der Waals surface area contributed by atoms with Gasteiger partial charge >= 0.3 is 0 Å². The highest BCUT2D eigenvalue weighted by Crippen LogP contribution is 2.24. The minimum Gasteiger partial charge on any atom is -0.345 e. The average Bonchev–Trinajstić information content (AvgIpc) is 2.54. The molecule has 0 aliphatic rings. The molecule has 0 bridgehead atoms. The van der Waals surface area contributed by atoms with Crippen molar-refractivity contribution in [2.24, 2.45) is 0 Å². The third-order valence-electron chi connectivity index (χ3n) is 3.74. The highest BCUT2D eigenvalue weighted by molar-refractivity contribution is 7.89. The number of nitrogens with zero attached hydrogens (tertiary/aromatic N) is 1. The monoisotopic (exact) mass is 402 g/mol. The second kappa shape index (κ2) is 7.69. The van der Waals surface area contributed by atoms with Crippen LogP contribution in [0.3, 0.4) is 0 Å². The van der Waals surface area contributed by atoms with Crippen molar-refractivity contribution in [2.45, 2.75) is 17.9 Å². The first kappa shape index (κ1) is 20.3. The van der Waals surface area contributed by atoms with Gasteiger partial charge in [0.15, 0.2) is 0 Å². The number of sulfonamides is 1. The van der Waals surface area contributed by atoms with Crippen LogP contribution in [-0.4, -0.2) is 32.7 Å². The van der Waals surface area contributed by atoms with Gasteiger partial charge in [-0.1, -0.05) is 17.7 Å². The summed E-state index contributed by atoms with van der Waals surface area (Å²) in [5.41, 5.74) is 0.0249. The fraction of sp³-hybridized carbons (Fsp3) is 0.235. The first-order valence-corrected chi connectivity index (χ1v) is 9.33. The fourth-order valence-corrected chi connectivity index (χ4v) is 3.39. The number of halogens is 3. The summed E-state index contributed by atoms with van der Waals surface area (Å²) in [5, 5.41) is 2.58. The van der Waals surface area contributed by atoms with Crippen molar-refractivity contribution in [3.8, 4) is 0 Å². The van der Waals surface area contributed by atoms with Gasteiger partial charge in [0, 0.05) is 25.7 Å². The van der Waals surface area contributed by atoms with Crippen molar-refractivity contribution < 1.29 is 22.0 Å². The number of hydrogen-bond donors (Lipinski definition) is 1. The molecule has 0 saturated heterocycles. The normalized spacial score (nSPS) is 12.9. The number of hydrogen-bond acceptors (Lipinski definition) is 3. The third kappa shape index (κ3) is 4.20. The molecule has 0 aromatic heterocycles. The van der Waals surface area contributed by atoms with E-state index in [9.17, 15) is 22.0 Å². The lowest BCUT2D eigenvalue weighted by molar-refractivity contribution is 0.0939. The van der Waals surface area contributed by atoms with Gasteiger partial charge < -0.3 is 5.32 Å². The second-order valence-electron chi connectivity index (χ2n) is 5.79. The summed E-state index contributed by atoms with van der Waals surface area (Å²) in [7, 11) is -1.02. The van der Waals surface area contributed by atoms with Crippen LogP contribution in [0, 0.1) is 11.6 Å². The van der Waals surface area contributed by atoms with E-state index in [0.29, 0.717) is 0 Å². The minimum atomic E-state index is -3.75. The van der Waals surface area contributed by atoms with Crippen LogP contribution in [0.15, 0.2) is 41.3 Å². The Balaban J connectivity index is 2.32. The van der Waals surface area contributed by atoms with E-state index in [1.54, 1.807) is 0 Å². The molecule has 2 aromatic carbocycles. The Morgan fingerprint density at radius 2 is 1.81 bits per heavy atom. The molecule has 0 fully saturated rings. The average molecular weight is 403 g/mol. The van der Waals surface area contributed by atoms with E-state index in [4.69, 9.17) is 11.6 Å². The summed E-state index contributed by atoms with van der Waals surface area (Å²) in [6.07, 6.45) is 0. The van der Waals surface area contributed by atoms with Gasteiger partial charge in [0.05, 0.1) is 21.5 Å². The molecule has 0 saturated carbocycles. The van der Waals surface area contributed by atoms with Crippen molar-refractivity contribution in [1.82, 2.24) is 9.62 Å². The first-order valence-electron chi connectivity index (χ1n) is 7.52. The van der Waals surface area contributed by atoms with Gasteiger partial charge in [-0.15, -0.1) is 0 Å². The van der Waals surface area contributed by atoms with Gasteiger partial charge in [0.1, 0.15) is 11.6 Å². The molecule has 0 aliphatic heterocycles. The van der Waals surface area contributed by atoms with Crippen LogP contribution in [0.2, 0.25) is 5.02 Å². The molecule has 2 rings (SSSR count). The molecular weight excluding hydrogens is 386 g/mol. The van der Waals surface area contributed by atoms with E-state index in [1.165, 1.54) is 39.2 Å². The summed E-state index contributed by atoms with van der Waals surface area (Å²) in [6, 6.07) is 5.99. The molecule has 2 aromatic rings. The summed E-state index contributed by atoms with van der Waals surface area (Å²) in [4.78, 5) is 12.4. The van der Waals surface area contributed by atoms with Crippen LogP contribution < -0.4 is 5.32 Å². The highest BCUT2D eigenvalue weighted by Gasteiger charge is 2.22.